The van der Waals surface area contributed by atoms with Gasteiger partial charge < -0.3 is 15.4 Å². The summed E-state index contributed by atoms with van der Waals surface area (Å²) in [5, 5.41) is 0. The number of hydrogen-bond donors (Lipinski definition) is 1. The van der Waals surface area contributed by atoms with E-state index in [1.165, 1.54) is 0 Å². The number of hydrogen-bond acceptors (Lipinski definition) is 3. The molecule has 2 rings (SSSR count). The third-order valence-electron chi connectivity index (χ3n) is 3.48. The van der Waals surface area contributed by atoms with E-state index in [1.54, 1.807) is 6.92 Å². The highest BCUT2D eigenvalue weighted by Gasteiger charge is 2.24. The van der Waals surface area contributed by atoms with E-state index >= 15 is 0 Å². The summed E-state index contributed by atoms with van der Waals surface area (Å²) in [6, 6.07) is 7.62. The van der Waals surface area contributed by atoms with Crippen molar-refractivity contribution >= 4 is 5.91 Å². The van der Waals surface area contributed by atoms with Crippen molar-refractivity contribution in [3.63, 3.8) is 0 Å². The van der Waals surface area contributed by atoms with Crippen LogP contribution < -0.4 is 10.5 Å². The van der Waals surface area contributed by atoms with Crippen molar-refractivity contribution in [2.24, 2.45) is 5.73 Å². The molecule has 19 heavy (non-hydrogen) atoms. The molecule has 0 spiro atoms. The first-order chi connectivity index (χ1) is 9.08. The van der Waals surface area contributed by atoms with Crippen molar-refractivity contribution in [2.45, 2.75) is 38.8 Å². The molecule has 1 saturated heterocycles. The minimum absolute atomic E-state index is 0.0118. The third kappa shape index (κ3) is 3.47. The molecule has 0 radical (unpaired) electrons. The van der Waals surface area contributed by atoms with Crippen LogP contribution in [-0.2, 0) is 4.79 Å². The molecule has 0 aliphatic carbocycles. The van der Waals surface area contributed by atoms with E-state index in [9.17, 15) is 4.79 Å². The molecule has 1 aliphatic heterocycles. The summed E-state index contributed by atoms with van der Waals surface area (Å²) in [6.45, 7) is 5.46. The lowest BCUT2D eigenvalue weighted by molar-refractivity contribution is -0.136. The number of rotatable bonds is 4. The van der Waals surface area contributed by atoms with Crippen LogP contribution in [-0.4, -0.2) is 30.0 Å². The third-order valence-corrected chi connectivity index (χ3v) is 3.48. The zero-order chi connectivity index (χ0) is 13.8. The Bertz CT molecular complexity index is 422. The first-order valence-corrected chi connectivity index (χ1v) is 6.89. The monoisotopic (exact) mass is 262 g/mol. The van der Waals surface area contributed by atoms with Gasteiger partial charge in [0.15, 0.2) is 6.10 Å². The van der Waals surface area contributed by atoms with E-state index in [-0.39, 0.29) is 11.9 Å². The lowest BCUT2D eigenvalue weighted by Gasteiger charge is -2.21. The van der Waals surface area contributed by atoms with Gasteiger partial charge in [0.2, 0.25) is 0 Å². The Labute approximate surface area is 114 Å². The molecule has 104 valence electrons. The Morgan fingerprint density at radius 1 is 1.21 bits per heavy atom. The highest BCUT2D eigenvalue weighted by atomic mass is 16.5. The van der Waals surface area contributed by atoms with Gasteiger partial charge in [0.1, 0.15) is 5.75 Å². The van der Waals surface area contributed by atoms with Crippen molar-refractivity contribution in [3.05, 3.63) is 29.8 Å². The van der Waals surface area contributed by atoms with Gasteiger partial charge in [-0.05, 0) is 44.4 Å². The standard InChI is InChI=1S/C15H22N2O2/c1-11(16)13-5-7-14(8-6-13)19-12(2)15(18)17-9-3-4-10-17/h5-8,11-12H,3-4,9-10,16H2,1-2H3/t11-,12?/m0/s1. The van der Waals surface area contributed by atoms with Crippen molar-refractivity contribution in [1.82, 2.24) is 4.90 Å². The van der Waals surface area contributed by atoms with Crippen LogP contribution in [0.25, 0.3) is 0 Å². The minimum atomic E-state index is -0.431. The van der Waals surface area contributed by atoms with E-state index < -0.39 is 6.10 Å². The first kappa shape index (κ1) is 13.9. The summed E-state index contributed by atoms with van der Waals surface area (Å²) in [5.74, 6) is 0.790. The van der Waals surface area contributed by atoms with Crippen molar-refractivity contribution in [2.75, 3.05) is 13.1 Å². The van der Waals surface area contributed by atoms with Crippen LogP contribution in [0, 0.1) is 0 Å². The molecular formula is C15H22N2O2. The van der Waals surface area contributed by atoms with Gasteiger partial charge in [-0.2, -0.15) is 0 Å². The summed E-state index contributed by atoms with van der Waals surface area (Å²) >= 11 is 0. The fourth-order valence-electron chi connectivity index (χ4n) is 2.30. The molecule has 1 aromatic rings. The Hall–Kier alpha value is -1.55. The highest BCUT2D eigenvalue weighted by molar-refractivity contribution is 5.81. The maximum absolute atomic E-state index is 12.1. The Balaban J connectivity index is 1.94. The van der Waals surface area contributed by atoms with E-state index in [1.807, 2.05) is 36.1 Å². The van der Waals surface area contributed by atoms with Gasteiger partial charge in [-0.15, -0.1) is 0 Å². The molecule has 1 aromatic carbocycles. The molecule has 4 nitrogen and oxygen atoms in total. The van der Waals surface area contributed by atoms with Crippen LogP contribution >= 0.6 is 0 Å². The number of likely N-dealkylation sites (tertiary alicyclic amines) is 1. The van der Waals surface area contributed by atoms with Gasteiger partial charge in [-0.1, -0.05) is 12.1 Å². The summed E-state index contributed by atoms with van der Waals surface area (Å²) < 4.78 is 5.69. The average Bonchev–Trinajstić information content (AvgIpc) is 2.92. The zero-order valence-corrected chi connectivity index (χ0v) is 11.6. The predicted octanol–water partition coefficient (Wildman–Crippen LogP) is 2.10. The van der Waals surface area contributed by atoms with Crippen LogP contribution in [0.5, 0.6) is 5.75 Å². The summed E-state index contributed by atoms with van der Waals surface area (Å²) in [5.41, 5.74) is 6.86. The smallest absolute Gasteiger partial charge is 0.263 e. The average molecular weight is 262 g/mol. The van der Waals surface area contributed by atoms with Crippen LogP contribution in [0.15, 0.2) is 24.3 Å². The molecule has 1 heterocycles. The second-order valence-electron chi connectivity index (χ2n) is 5.15. The number of ether oxygens (including phenoxy) is 1. The molecule has 1 amide bonds. The Kier molecular flexibility index (Phi) is 4.43. The molecule has 2 atom stereocenters. The normalized spacial score (nSPS) is 18.2. The Morgan fingerprint density at radius 2 is 1.79 bits per heavy atom. The van der Waals surface area contributed by atoms with Gasteiger partial charge in [-0.25, -0.2) is 0 Å². The quantitative estimate of drug-likeness (QED) is 0.904. The molecule has 1 unspecified atom stereocenters. The highest BCUT2D eigenvalue weighted by Crippen LogP contribution is 2.18. The molecule has 1 fully saturated rings. The van der Waals surface area contributed by atoms with Gasteiger partial charge in [0.25, 0.3) is 5.91 Å². The van der Waals surface area contributed by atoms with Crippen LogP contribution in [0.2, 0.25) is 0 Å². The lowest BCUT2D eigenvalue weighted by atomic mass is 10.1. The maximum Gasteiger partial charge on any atom is 0.263 e. The number of amides is 1. The number of nitrogens with two attached hydrogens (primary N) is 1. The van der Waals surface area contributed by atoms with Gasteiger partial charge in [0.05, 0.1) is 0 Å². The fraction of sp³-hybridized carbons (Fsp3) is 0.533. The van der Waals surface area contributed by atoms with Crippen molar-refractivity contribution in [1.29, 1.82) is 0 Å². The molecule has 4 heteroatoms. The molecular weight excluding hydrogens is 240 g/mol. The maximum atomic E-state index is 12.1. The minimum Gasteiger partial charge on any atom is -0.481 e. The van der Waals surface area contributed by atoms with Crippen molar-refractivity contribution in [3.8, 4) is 5.75 Å². The second-order valence-corrected chi connectivity index (χ2v) is 5.15. The van der Waals surface area contributed by atoms with Crippen LogP contribution in [0.4, 0.5) is 0 Å². The number of nitrogens with zero attached hydrogens (tertiary/aromatic N) is 1. The molecule has 0 bridgehead atoms. The summed E-state index contributed by atoms with van der Waals surface area (Å²) in [7, 11) is 0. The number of benzene rings is 1. The first-order valence-electron chi connectivity index (χ1n) is 6.89. The Morgan fingerprint density at radius 3 is 2.32 bits per heavy atom. The van der Waals surface area contributed by atoms with Crippen molar-refractivity contribution < 1.29 is 9.53 Å². The van der Waals surface area contributed by atoms with E-state index in [4.69, 9.17) is 10.5 Å². The van der Waals surface area contributed by atoms with Crippen LogP contribution in [0.1, 0.15) is 38.3 Å². The molecule has 1 aliphatic rings. The molecule has 0 aromatic heterocycles. The number of carbonyl (C=O) groups is 1. The van der Waals surface area contributed by atoms with E-state index in [0.717, 1.165) is 31.5 Å². The molecule has 2 N–H and O–H groups in total. The SMILES string of the molecule is CC(Oc1ccc([C@H](C)N)cc1)C(=O)N1CCCC1. The van der Waals surface area contributed by atoms with E-state index in [2.05, 4.69) is 0 Å². The van der Waals surface area contributed by atoms with Gasteiger partial charge in [-0.3, -0.25) is 4.79 Å². The zero-order valence-electron chi connectivity index (χ0n) is 11.6. The van der Waals surface area contributed by atoms with E-state index in [0.29, 0.717) is 5.75 Å². The molecule has 0 saturated carbocycles. The van der Waals surface area contributed by atoms with Gasteiger partial charge >= 0.3 is 0 Å². The largest absolute Gasteiger partial charge is 0.481 e. The second kappa shape index (κ2) is 6.06. The fourth-order valence-corrected chi connectivity index (χ4v) is 2.30. The lowest BCUT2D eigenvalue weighted by Crippen LogP contribution is -2.38. The van der Waals surface area contributed by atoms with Crippen LogP contribution in [0.3, 0.4) is 0 Å². The summed E-state index contributed by atoms with van der Waals surface area (Å²) in [6.07, 6.45) is 1.77. The number of carbonyl (C=O) groups excluding carboxylic acids is 1. The predicted molar refractivity (Wildman–Crippen MR) is 74.9 cm³/mol. The van der Waals surface area contributed by atoms with Gasteiger partial charge in [0, 0.05) is 19.1 Å². The topological polar surface area (TPSA) is 55.6 Å². The summed E-state index contributed by atoms with van der Waals surface area (Å²) in [4.78, 5) is 14.0.